The Balaban J connectivity index is 1.91. The number of esters is 1. The summed E-state index contributed by atoms with van der Waals surface area (Å²) in [6, 6.07) is 4.67. The van der Waals surface area contributed by atoms with Gasteiger partial charge in [-0.1, -0.05) is 12.8 Å². The Labute approximate surface area is 137 Å². The standard InChI is InChI=1S/C15H18INO4/c16-11-5-6-13(18)12(9-11)15(20)21-10-14(19)17-7-3-1-2-4-8-17/h5-6,9,18H,1-4,7-8,10H2. The number of amides is 1. The molecule has 5 nitrogen and oxygen atoms in total. The van der Waals surface area contributed by atoms with E-state index in [1.165, 1.54) is 12.1 Å². The number of halogens is 1. The number of likely N-dealkylation sites (tertiary alicyclic amines) is 1. The molecule has 0 saturated carbocycles. The average Bonchev–Trinajstić information content (AvgIpc) is 2.76. The first kappa shape index (κ1) is 16.1. The molecule has 1 saturated heterocycles. The van der Waals surface area contributed by atoms with E-state index in [9.17, 15) is 14.7 Å². The van der Waals surface area contributed by atoms with Crippen LogP contribution in [0.5, 0.6) is 5.75 Å². The van der Waals surface area contributed by atoms with E-state index in [2.05, 4.69) is 0 Å². The summed E-state index contributed by atoms with van der Waals surface area (Å²) in [5, 5.41) is 9.66. The van der Waals surface area contributed by atoms with Crippen LogP contribution < -0.4 is 0 Å². The third kappa shape index (κ3) is 4.59. The largest absolute Gasteiger partial charge is 0.507 e. The van der Waals surface area contributed by atoms with Gasteiger partial charge in [-0.25, -0.2) is 4.79 Å². The Morgan fingerprint density at radius 1 is 1.19 bits per heavy atom. The highest BCUT2D eigenvalue weighted by atomic mass is 127. The van der Waals surface area contributed by atoms with Crippen LogP contribution in [0, 0.1) is 3.57 Å². The van der Waals surface area contributed by atoms with Crippen molar-refractivity contribution in [1.82, 2.24) is 4.90 Å². The second-order valence-electron chi connectivity index (χ2n) is 5.03. The maximum Gasteiger partial charge on any atom is 0.342 e. The number of ether oxygens (including phenoxy) is 1. The highest BCUT2D eigenvalue weighted by Gasteiger charge is 2.19. The number of hydrogen-bond donors (Lipinski definition) is 1. The van der Waals surface area contributed by atoms with E-state index in [0.717, 1.165) is 42.3 Å². The van der Waals surface area contributed by atoms with Crippen molar-refractivity contribution >= 4 is 34.5 Å². The minimum absolute atomic E-state index is 0.0885. The van der Waals surface area contributed by atoms with Gasteiger partial charge in [0.25, 0.3) is 5.91 Å². The molecule has 0 atom stereocenters. The van der Waals surface area contributed by atoms with Crippen molar-refractivity contribution in [2.24, 2.45) is 0 Å². The minimum atomic E-state index is -0.672. The normalized spacial score (nSPS) is 15.4. The van der Waals surface area contributed by atoms with Gasteiger partial charge < -0.3 is 14.7 Å². The van der Waals surface area contributed by atoms with Gasteiger partial charge in [-0.05, 0) is 53.6 Å². The number of hydrogen-bond acceptors (Lipinski definition) is 4. The van der Waals surface area contributed by atoms with Crippen molar-refractivity contribution < 1.29 is 19.4 Å². The Kier molecular flexibility index (Phi) is 5.84. The van der Waals surface area contributed by atoms with Gasteiger partial charge in [0.2, 0.25) is 0 Å². The lowest BCUT2D eigenvalue weighted by molar-refractivity contribution is -0.134. The molecule has 0 spiro atoms. The van der Waals surface area contributed by atoms with Crippen LogP contribution in [-0.4, -0.2) is 41.6 Å². The van der Waals surface area contributed by atoms with Crippen molar-refractivity contribution in [3.05, 3.63) is 27.3 Å². The highest BCUT2D eigenvalue weighted by Crippen LogP contribution is 2.20. The number of carbonyl (C=O) groups is 2. The van der Waals surface area contributed by atoms with Gasteiger partial charge in [-0.2, -0.15) is 0 Å². The summed E-state index contributed by atoms with van der Waals surface area (Å²) >= 11 is 2.04. The topological polar surface area (TPSA) is 66.8 Å². The number of nitrogens with zero attached hydrogens (tertiary/aromatic N) is 1. The molecule has 0 aliphatic carbocycles. The molecule has 0 bridgehead atoms. The molecule has 0 radical (unpaired) electrons. The first-order valence-corrected chi connectivity index (χ1v) is 8.09. The number of carbonyl (C=O) groups excluding carboxylic acids is 2. The van der Waals surface area contributed by atoms with E-state index >= 15 is 0 Å². The van der Waals surface area contributed by atoms with Crippen molar-refractivity contribution in [3.63, 3.8) is 0 Å². The summed E-state index contributed by atoms with van der Waals surface area (Å²) in [6.07, 6.45) is 4.27. The fraction of sp³-hybridized carbons (Fsp3) is 0.467. The number of aromatic hydroxyl groups is 1. The van der Waals surface area contributed by atoms with Crippen LogP contribution in [0.4, 0.5) is 0 Å². The zero-order valence-electron chi connectivity index (χ0n) is 11.7. The molecule has 2 rings (SSSR count). The van der Waals surface area contributed by atoms with Crippen LogP contribution in [0.15, 0.2) is 18.2 Å². The Morgan fingerprint density at radius 3 is 2.52 bits per heavy atom. The second kappa shape index (κ2) is 7.63. The zero-order chi connectivity index (χ0) is 15.2. The first-order valence-electron chi connectivity index (χ1n) is 7.01. The predicted molar refractivity (Wildman–Crippen MR) is 86.2 cm³/mol. The van der Waals surface area contributed by atoms with E-state index in [1.54, 1.807) is 11.0 Å². The fourth-order valence-electron chi connectivity index (χ4n) is 2.29. The lowest BCUT2D eigenvalue weighted by Gasteiger charge is -2.20. The van der Waals surface area contributed by atoms with Gasteiger partial charge >= 0.3 is 5.97 Å². The molecular weight excluding hydrogens is 385 g/mol. The van der Waals surface area contributed by atoms with Gasteiger partial charge in [0.1, 0.15) is 11.3 Å². The summed E-state index contributed by atoms with van der Waals surface area (Å²) in [7, 11) is 0. The Bertz CT molecular complexity index is 524. The number of phenols is 1. The Morgan fingerprint density at radius 2 is 1.86 bits per heavy atom. The molecule has 1 N–H and O–H groups in total. The molecule has 1 fully saturated rings. The molecule has 1 aliphatic heterocycles. The van der Waals surface area contributed by atoms with Crippen molar-refractivity contribution in [2.45, 2.75) is 25.7 Å². The first-order chi connectivity index (χ1) is 10.1. The lowest BCUT2D eigenvalue weighted by atomic mass is 10.2. The van der Waals surface area contributed by atoms with E-state index in [4.69, 9.17) is 4.74 Å². The minimum Gasteiger partial charge on any atom is -0.507 e. The Hall–Kier alpha value is -1.31. The molecule has 21 heavy (non-hydrogen) atoms. The summed E-state index contributed by atoms with van der Waals surface area (Å²) < 4.78 is 5.84. The molecular formula is C15H18INO4. The maximum atomic E-state index is 12.0. The molecule has 6 heteroatoms. The summed E-state index contributed by atoms with van der Waals surface area (Å²) in [5.74, 6) is -0.979. The van der Waals surface area contributed by atoms with E-state index in [-0.39, 0.29) is 23.8 Å². The molecule has 1 heterocycles. The van der Waals surface area contributed by atoms with E-state index in [0.29, 0.717) is 0 Å². The number of phenolic OH excluding ortho intramolecular Hbond substituents is 1. The smallest absolute Gasteiger partial charge is 0.342 e. The van der Waals surface area contributed by atoms with Crippen LogP contribution in [0.25, 0.3) is 0 Å². The van der Waals surface area contributed by atoms with Gasteiger partial charge in [-0.15, -0.1) is 0 Å². The molecule has 1 aromatic rings. The van der Waals surface area contributed by atoms with E-state index < -0.39 is 5.97 Å². The van der Waals surface area contributed by atoms with Gasteiger partial charge in [-0.3, -0.25) is 4.79 Å². The van der Waals surface area contributed by atoms with Crippen LogP contribution in [0.3, 0.4) is 0 Å². The number of benzene rings is 1. The SMILES string of the molecule is O=C(OCC(=O)N1CCCCCC1)c1cc(I)ccc1O. The maximum absolute atomic E-state index is 12.0. The molecule has 0 unspecified atom stereocenters. The van der Waals surface area contributed by atoms with E-state index in [1.807, 2.05) is 22.6 Å². The summed E-state index contributed by atoms with van der Waals surface area (Å²) in [5.41, 5.74) is 0.0885. The summed E-state index contributed by atoms with van der Waals surface area (Å²) in [4.78, 5) is 25.7. The average molecular weight is 403 g/mol. The van der Waals surface area contributed by atoms with Crippen LogP contribution in [0.2, 0.25) is 0 Å². The summed E-state index contributed by atoms with van der Waals surface area (Å²) in [6.45, 7) is 1.18. The molecule has 1 amide bonds. The molecule has 0 aromatic heterocycles. The second-order valence-corrected chi connectivity index (χ2v) is 6.28. The van der Waals surface area contributed by atoms with Crippen molar-refractivity contribution in [1.29, 1.82) is 0 Å². The third-order valence-corrected chi connectivity index (χ3v) is 4.14. The highest BCUT2D eigenvalue weighted by molar-refractivity contribution is 14.1. The van der Waals surface area contributed by atoms with Gasteiger partial charge in [0, 0.05) is 16.7 Å². The lowest BCUT2D eigenvalue weighted by Crippen LogP contribution is -2.35. The van der Waals surface area contributed by atoms with Crippen LogP contribution in [0.1, 0.15) is 36.0 Å². The molecule has 1 aromatic carbocycles. The predicted octanol–water partition coefficient (Wildman–Crippen LogP) is 2.56. The van der Waals surface area contributed by atoms with Crippen molar-refractivity contribution in [3.8, 4) is 5.75 Å². The van der Waals surface area contributed by atoms with Crippen molar-refractivity contribution in [2.75, 3.05) is 19.7 Å². The molecule has 114 valence electrons. The van der Waals surface area contributed by atoms with Crippen LogP contribution in [-0.2, 0) is 9.53 Å². The molecule has 1 aliphatic rings. The third-order valence-electron chi connectivity index (χ3n) is 3.46. The number of rotatable bonds is 3. The fourth-order valence-corrected chi connectivity index (χ4v) is 2.78. The zero-order valence-corrected chi connectivity index (χ0v) is 13.8. The van der Waals surface area contributed by atoms with Crippen LogP contribution >= 0.6 is 22.6 Å². The quantitative estimate of drug-likeness (QED) is 0.623. The van der Waals surface area contributed by atoms with Gasteiger partial charge in [0.15, 0.2) is 6.61 Å². The van der Waals surface area contributed by atoms with Gasteiger partial charge in [0.05, 0.1) is 0 Å². The monoisotopic (exact) mass is 403 g/mol.